The van der Waals surface area contributed by atoms with Crippen LogP contribution in [0.25, 0.3) is 0 Å². The number of nitrogens with zero attached hydrogens (tertiary/aromatic N) is 1. The Morgan fingerprint density at radius 2 is 1.87 bits per heavy atom. The largest absolute Gasteiger partial charge is 0.420 e. The van der Waals surface area contributed by atoms with Gasteiger partial charge in [-0.1, -0.05) is 0 Å². The lowest BCUT2D eigenvalue weighted by atomic mass is 10.1. The van der Waals surface area contributed by atoms with Gasteiger partial charge < -0.3 is 5.73 Å². The number of alkyl halides is 5. The number of nitrogen functional groups attached to an aromatic ring is 1. The van der Waals surface area contributed by atoms with Gasteiger partial charge in [-0.15, -0.1) is 0 Å². The Morgan fingerprint density at radius 3 is 2.20 bits per heavy atom. The lowest BCUT2D eigenvalue weighted by Gasteiger charge is -2.15. The number of aromatic nitrogens is 1. The molecule has 0 atom stereocenters. The van der Waals surface area contributed by atoms with Gasteiger partial charge in [0, 0.05) is 15.3 Å². The van der Waals surface area contributed by atoms with Gasteiger partial charge >= 0.3 is 6.18 Å². The van der Waals surface area contributed by atoms with E-state index in [-0.39, 0.29) is 3.57 Å². The van der Waals surface area contributed by atoms with E-state index in [0.29, 0.717) is 0 Å². The van der Waals surface area contributed by atoms with Crippen LogP contribution in [0.1, 0.15) is 17.6 Å². The minimum absolute atomic E-state index is 0.260. The summed E-state index contributed by atoms with van der Waals surface area (Å²) in [4.78, 5) is 3.21. The van der Waals surface area contributed by atoms with Crippen molar-refractivity contribution in [2.75, 3.05) is 5.73 Å². The van der Waals surface area contributed by atoms with E-state index in [4.69, 9.17) is 5.73 Å². The summed E-state index contributed by atoms with van der Waals surface area (Å²) in [5.74, 6) is -0.932. The molecule has 0 aliphatic carbocycles. The number of rotatable bonds is 1. The molecule has 0 radical (unpaired) electrons. The smallest absolute Gasteiger partial charge is 0.383 e. The van der Waals surface area contributed by atoms with Crippen molar-refractivity contribution >= 4 is 28.4 Å². The molecule has 0 spiro atoms. The number of hydrogen-bond donors (Lipinski definition) is 1. The lowest BCUT2D eigenvalue weighted by molar-refractivity contribution is -0.139. The molecular weight excluding hydrogens is 334 g/mol. The Labute approximate surface area is 94.8 Å². The molecule has 0 aliphatic rings. The number of hydrogen-bond acceptors (Lipinski definition) is 2. The zero-order valence-electron chi connectivity index (χ0n) is 6.95. The fraction of sp³-hybridized carbons (Fsp3) is 0.286. The topological polar surface area (TPSA) is 38.9 Å². The van der Waals surface area contributed by atoms with Gasteiger partial charge in [0.05, 0.1) is 0 Å². The highest BCUT2D eigenvalue weighted by Crippen LogP contribution is 2.40. The Kier molecular flexibility index (Phi) is 3.36. The summed E-state index contributed by atoms with van der Waals surface area (Å²) in [5.41, 5.74) is 2.28. The molecule has 1 aromatic heterocycles. The molecule has 0 saturated carbocycles. The maximum Gasteiger partial charge on any atom is 0.420 e. The average molecular weight is 338 g/mol. The first-order valence-corrected chi connectivity index (χ1v) is 4.62. The third kappa shape index (κ3) is 2.47. The number of nitrogens with two attached hydrogens (primary N) is 1. The second kappa shape index (κ2) is 4.06. The molecule has 0 saturated heterocycles. The van der Waals surface area contributed by atoms with Crippen molar-refractivity contribution in [2.24, 2.45) is 0 Å². The van der Waals surface area contributed by atoms with E-state index in [0.717, 1.165) is 6.20 Å². The molecule has 15 heavy (non-hydrogen) atoms. The van der Waals surface area contributed by atoms with Crippen LogP contribution in [0.2, 0.25) is 0 Å². The lowest BCUT2D eigenvalue weighted by Crippen LogP contribution is -2.15. The van der Waals surface area contributed by atoms with Crippen LogP contribution in [0.15, 0.2) is 6.20 Å². The molecular formula is C7H4F5IN2. The van der Waals surface area contributed by atoms with Crippen molar-refractivity contribution in [3.8, 4) is 0 Å². The first kappa shape index (κ1) is 12.4. The van der Waals surface area contributed by atoms with E-state index in [1.807, 2.05) is 0 Å². The first-order valence-electron chi connectivity index (χ1n) is 3.54. The van der Waals surface area contributed by atoms with Crippen molar-refractivity contribution in [1.29, 1.82) is 0 Å². The van der Waals surface area contributed by atoms with Gasteiger partial charge in [0.2, 0.25) is 0 Å². The third-order valence-electron chi connectivity index (χ3n) is 1.60. The van der Waals surface area contributed by atoms with Crippen molar-refractivity contribution in [3.05, 3.63) is 20.9 Å². The normalized spacial score (nSPS) is 12.2. The predicted octanol–water partition coefficient (Wildman–Crippen LogP) is 3.22. The number of anilines is 1. The van der Waals surface area contributed by atoms with E-state index in [1.54, 1.807) is 0 Å². The van der Waals surface area contributed by atoms with E-state index in [2.05, 4.69) is 4.98 Å². The van der Waals surface area contributed by atoms with Crippen LogP contribution in [0.4, 0.5) is 27.8 Å². The zero-order valence-corrected chi connectivity index (χ0v) is 9.10. The SMILES string of the molecule is Nc1ncc(I)c(C(F)F)c1C(F)(F)F. The van der Waals surface area contributed by atoms with Gasteiger partial charge in [-0.3, -0.25) is 0 Å². The monoisotopic (exact) mass is 338 g/mol. The first-order chi connectivity index (χ1) is 6.75. The molecule has 0 fully saturated rings. The summed E-state index contributed by atoms with van der Waals surface area (Å²) < 4.78 is 61.7. The van der Waals surface area contributed by atoms with Crippen molar-refractivity contribution in [2.45, 2.75) is 12.6 Å². The minimum atomic E-state index is -4.93. The van der Waals surface area contributed by atoms with Crippen molar-refractivity contribution in [1.82, 2.24) is 4.98 Å². The molecule has 2 N–H and O–H groups in total. The van der Waals surface area contributed by atoms with Crippen LogP contribution < -0.4 is 5.73 Å². The Bertz CT molecular complexity index is 376. The molecule has 1 heterocycles. The molecule has 0 unspecified atom stereocenters. The zero-order chi connectivity index (χ0) is 11.8. The molecule has 0 amide bonds. The Morgan fingerprint density at radius 1 is 1.33 bits per heavy atom. The second-order valence-corrected chi connectivity index (χ2v) is 3.74. The maximum absolute atomic E-state index is 12.4. The summed E-state index contributed by atoms with van der Waals surface area (Å²) in [5, 5.41) is 0. The summed E-state index contributed by atoms with van der Waals surface area (Å²) in [7, 11) is 0. The van der Waals surface area contributed by atoms with Crippen LogP contribution >= 0.6 is 22.6 Å². The number of halogens is 6. The molecule has 0 bridgehead atoms. The van der Waals surface area contributed by atoms with Crippen LogP contribution in [-0.2, 0) is 6.18 Å². The molecule has 1 aromatic rings. The van der Waals surface area contributed by atoms with E-state index < -0.39 is 29.5 Å². The van der Waals surface area contributed by atoms with E-state index >= 15 is 0 Å². The van der Waals surface area contributed by atoms with Crippen molar-refractivity contribution < 1.29 is 22.0 Å². The predicted molar refractivity (Wildman–Crippen MR) is 51.3 cm³/mol. The maximum atomic E-state index is 12.4. The highest BCUT2D eigenvalue weighted by atomic mass is 127. The van der Waals surface area contributed by atoms with Gasteiger partial charge in [0.15, 0.2) is 0 Å². The quantitative estimate of drug-likeness (QED) is 0.631. The van der Waals surface area contributed by atoms with E-state index in [9.17, 15) is 22.0 Å². The standard InChI is InChI=1S/C7H4F5IN2/c8-5(9)3-2(13)1-15-6(14)4(3)7(10,11)12/h1,5H,(H2,14,15). The molecule has 0 aliphatic heterocycles. The molecule has 1 rings (SSSR count). The van der Waals surface area contributed by atoms with Crippen molar-refractivity contribution in [3.63, 3.8) is 0 Å². The molecule has 2 nitrogen and oxygen atoms in total. The Hall–Kier alpha value is -0.670. The van der Waals surface area contributed by atoms with Gasteiger partial charge in [-0.25, -0.2) is 13.8 Å². The fourth-order valence-electron chi connectivity index (χ4n) is 1.03. The highest BCUT2D eigenvalue weighted by molar-refractivity contribution is 14.1. The van der Waals surface area contributed by atoms with Gasteiger partial charge in [-0.2, -0.15) is 13.2 Å². The van der Waals surface area contributed by atoms with Crippen LogP contribution in [0.3, 0.4) is 0 Å². The molecule has 8 heteroatoms. The van der Waals surface area contributed by atoms with Crippen LogP contribution in [0, 0.1) is 3.57 Å². The van der Waals surface area contributed by atoms with Gasteiger partial charge in [0.1, 0.15) is 11.4 Å². The van der Waals surface area contributed by atoms with Gasteiger partial charge in [-0.05, 0) is 22.6 Å². The highest BCUT2D eigenvalue weighted by Gasteiger charge is 2.39. The fourth-order valence-corrected chi connectivity index (χ4v) is 1.67. The number of pyridine rings is 1. The second-order valence-electron chi connectivity index (χ2n) is 2.58. The average Bonchev–Trinajstić information content (AvgIpc) is 2.05. The summed E-state index contributed by atoms with van der Waals surface area (Å²) in [6.07, 6.45) is -7.28. The Balaban J connectivity index is 3.53. The van der Waals surface area contributed by atoms with E-state index in [1.165, 1.54) is 22.6 Å². The molecule has 84 valence electrons. The van der Waals surface area contributed by atoms with Crippen LogP contribution in [0.5, 0.6) is 0 Å². The summed E-state index contributed by atoms with van der Waals surface area (Å²) >= 11 is 1.36. The summed E-state index contributed by atoms with van der Waals surface area (Å²) in [6, 6.07) is 0. The summed E-state index contributed by atoms with van der Waals surface area (Å²) in [6.45, 7) is 0. The molecule has 0 aromatic carbocycles. The van der Waals surface area contributed by atoms with Crippen LogP contribution in [-0.4, -0.2) is 4.98 Å². The van der Waals surface area contributed by atoms with Gasteiger partial charge in [0.25, 0.3) is 6.43 Å². The minimum Gasteiger partial charge on any atom is -0.383 e. The third-order valence-corrected chi connectivity index (χ3v) is 2.46.